The first-order valence-corrected chi connectivity index (χ1v) is 23.5. The molecule has 12 rings (SSSR count). The summed E-state index contributed by atoms with van der Waals surface area (Å²) in [5.41, 5.74) is 20.2. The van der Waals surface area contributed by atoms with Gasteiger partial charge in [0.2, 0.25) is 0 Å². The first-order valence-electron chi connectivity index (χ1n) is 23.5. The molecular formula is C66H48N2. The Morgan fingerprint density at radius 1 is 0.309 bits per heavy atom. The van der Waals surface area contributed by atoms with Crippen molar-refractivity contribution < 1.29 is 0 Å². The molecule has 322 valence electrons. The topological polar surface area (TPSA) is 8.17 Å². The highest BCUT2D eigenvalue weighted by molar-refractivity contribution is 6.30. The molecule has 12 aromatic rings. The minimum Gasteiger partial charge on any atom is -0.310 e. The minimum absolute atomic E-state index is 1.10. The predicted molar refractivity (Wildman–Crippen MR) is 290 cm³/mol. The molecule has 0 saturated heterocycles. The smallest absolute Gasteiger partial charge is 0.0626 e. The molecule has 11 aromatic carbocycles. The van der Waals surface area contributed by atoms with E-state index in [1.54, 1.807) is 0 Å². The zero-order valence-corrected chi connectivity index (χ0v) is 38.1. The second-order valence-corrected chi connectivity index (χ2v) is 17.8. The van der Waals surface area contributed by atoms with Crippen LogP contribution in [0.2, 0.25) is 0 Å². The van der Waals surface area contributed by atoms with E-state index in [-0.39, 0.29) is 0 Å². The first-order chi connectivity index (χ1) is 33.6. The van der Waals surface area contributed by atoms with Gasteiger partial charge in [0.05, 0.1) is 11.2 Å². The van der Waals surface area contributed by atoms with E-state index < -0.39 is 0 Å². The van der Waals surface area contributed by atoms with Crippen LogP contribution >= 0.6 is 0 Å². The molecule has 1 heterocycles. The average molecular weight is 869 g/mol. The summed E-state index contributed by atoms with van der Waals surface area (Å²) in [5, 5.41) is 6.28. The number of rotatable bonds is 9. The Bertz CT molecular complexity index is 3670. The molecular weight excluding hydrogens is 821 g/mol. The van der Waals surface area contributed by atoms with Crippen molar-refractivity contribution in [2.45, 2.75) is 13.8 Å². The number of hydrogen-bond donors (Lipinski definition) is 0. The van der Waals surface area contributed by atoms with Gasteiger partial charge in [-0.05, 0) is 134 Å². The maximum absolute atomic E-state index is 2.52. The lowest BCUT2D eigenvalue weighted by Gasteiger charge is -2.27. The van der Waals surface area contributed by atoms with Gasteiger partial charge >= 0.3 is 0 Å². The van der Waals surface area contributed by atoms with Crippen molar-refractivity contribution in [2.24, 2.45) is 0 Å². The highest BCUT2D eigenvalue weighted by atomic mass is 15.1. The van der Waals surface area contributed by atoms with Crippen molar-refractivity contribution in [2.75, 3.05) is 4.90 Å². The van der Waals surface area contributed by atoms with E-state index >= 15 is 0 Å². The molecule has 0 atom stereocenters. The van der Waals surface area contributed by atoms with Crippen LogP contribution in [0.25, 0.3) is 93.9 Å². The van der Waals surface area contributed by atoms with Crippen LogP contribution in [0.1, 0.15) is 11.1 Å². The van der Waals surface area contributed by atoms with Crippen LogP contribution in [-0.4, -0.2) is 4.57 Å². The van der Waals surface area contributed by atoms with Crippen LogP contribution in [0.3, 0.4) is 0 Å². The van der Waals surface area contributed by atoms with E-state index in [1.807, 2.05) is 0 Å². The van der Waals surface area contributed by atoms with Crippen molar-refractivity contribution in [3.8, 4) is 61.5 Å². The van der Waals surface area contributed by atoms with E-state index in [0.717, 1.165) is 33.9 Å². The van der Waals surface area contributed by atoms with E-state index in [0.29, 0.717) is 0 Å². The number of nitrogens with zero attached hydrogens (tertiary/aromatic N) is 2. The van der Waals surface area contributed by atoms with Crippen LogP contribution in [0.15, 0.2) is 255 Å². The largest absolute Gasteiger partial charge is 0.310 e. The second-order valence-electron chi connectivity index (χ2n) is 17.8. The van der Waals surface area contributed by atoms with Crippen LogP contribution < -0.4 is 4.90 Å². The molecule has 0 saturated carbocycles. The fourth-order valence-electron chi connectivity index (χ4n) is 10.5. The summed E-state index contributed by atoms with van der Waals surface area (Å²) in [6.45, 7) is 4.43. The molecule has 68 heavy (non-hydrogen) atoms. The lowest BCUT2D eigenvalue weighted by Crippen LogP contribution is -2.10. The summed E-state index contributed by atoms with van der Waals surface area (Å²) in [6.07, 6.45) is 0. The summed E-state index contributed by atoms with van der Waals surface area (Å²) in [6, 6.07) is 92.9. The lowest BCUT2D eigenvalue weighted by molar-refractivity contribution is 1.14. The number of aryl methyl sites for hydroxylation is 2. The highest BCUT2D eigenvalue weighted by Crippen LogP contribution is 2.49. The number of anilines is 3. The third kappa shape index (κ3) is 7.15. The molecule has 0 N–H and O–H groups in total. The van der Waals surface area contributed by atoms with Crippen molar-refractivity contribution in [3.63, 3.8) is 0 Å². The standard InChI is InChI=1S/C66H48N2/c1-45-43-55(39-41-57(45)49-19-7-3-8-20-49)67(56-40-42-58(46(2)44-56)50-21-9-4-10-22-50)53-35-31-47(32-36-53)48-33-37-54(38-34-48)68-65(52-25-13-6-14-26-52)63(51-23-11-5-12-24-51)64-61-29-17-15-27-59(61)60-28-16-18-30-62(60)66(64)68/h3-44H,1-2H3. The van der Waals surface area contributed by atoms with Gasteiger partial charge in [0.25, 0.3) is 0 Å². The van der Waals surface area contributed by atoms with Gasteiger partial charge in [0, 0.05) is 39.1 Å². The number of aromatic nitrogens is 1. The Morgan fingerprint density at radius 2 is 0.706 bits per heavy atom. The molecule has 2 heteroatoms. The second kappa shape index (κ2) is 17.3. The Kier molecular flexibility index (Phi) is 10.3. The summed E-state index contributed by atoms with van der Waals surface area (Å²) in [4.78, 5) is 2.39. The first kappa shape index (κ1) is 40.8. The van der Waals surface area contributed by atoms with Crippen LogP contribution in [0.5, 0.6) is 0 Å². The Hall–Kier alpha value is -8.72. The molecule has 0 spiro atoms. The minimum atomic E-state index is 1.10. The van der Waals surface area contributed by atoms with Crippen LogP contribution in [0, 0.1) is 13.8 Å². The zero-order valence-electron chi connectivity index (χ0n) is 38.1. The molecule has 0 fully saturated rings. The Labute approximate surface area is 398 Å². The van der Waals surface area contributed by atoms with Gasteiger partial charge in [-0.1, -0.05) is 206 Å². The molecule has 0 amide bonds. The Morgan fingerprint density at radius 3 is 1.21 bits per heavy atom. The van der Waals surface area contributed by atoms with Crippen LogP contribution in [-0.2, 0) is 0 Å². The summed E-state index contributed by atoms with van der Waals surface area (Å²) >= 11 is 0. The van der Waals surface area contributed by atoms with E-state index in [4.69, 9.17) is 0 Å². The summed E-state index contributed by atoms with van der Waals surface area (Å²) in [5.74, 6) is 0. The van der Waals surface area contributed by atoms with Crippen molar-refractivity contribution in [1.29, 1.82) is 0 Å². The van der Waals surface area contributed by atoms with E-state index in [2.05, 4.69) is 278 Å². The van der Waals surface area contributed by atoms with Gasteiger partial charge in [-0.15, -0.1) is 0 Å². The third-order valence-corrected chi connectivity index (χ3v) is 13.6. The quantitative estimate of drug-likeness (QED) is 0.131. The number of benzene rings is 11. The fourth-order valence-corrected chi connectivity index (χ4v) is 10.5. The van der Waals surface area contributed by atoms with Gasteiger partial charge in [-0.3, -0.25) is 0 Å². The maximum atomic E-state index is 2.52. The average Bonchev–Trinajstić information content (AvgIpc) is 3.77. The van der Waals surface area contributed by atoms with Gasteiger partial charge in [0.15, 0.2) is 0 Å². The van der Waals surface area contributed by atoms with Crippen molar-refractivity contribution in [1.82, 2.24) is 4.57 Å². The van der Waals surface area contributed by atoms with E-state index in [1.165, 1.54) is 88.2 Å². The molecule has 0 unspecified atom stereocenters. The Balaban J connectivity index is 0.981. The number of hydrogen-bond acceptors (Lipinski definition) is 1. The molecule has 2 nitrogen and oxygen atoms in total. The normalized spacial score (nSPS) is 11.4. The zero-order chi connectivity index (χ0) is 45.6. The summed E-state index contributed by atoms with van der Waals surface area (Å²) < 4.78 is 2.52. The molecule has 0 aliphatic heterocycles. The van der Waals surface area contributed by atoms with Crippen molar-refractivity contribution in [3.05, 3.63) is 266 Å². The summed E-state index contributed by atoms with van der Waals surface area (Å²) in [7, 11) is 0. The third-order valence-electron chi connectivity index (χ3n) is 13.6. The SMILES string of the molecule is Cc1cc(N(c2ccc(-c3ccc(-n4c(-c5ccccc5)c(-c5ccccc5)c5c6ccccc6c6ccccc6c54)cc3)cc2)c2ccc(-c3ccccc3)c(C)c2)ccc1-c1ccccc1. The highest BCUT2D eigenvalue weighted by Gasteiger charge is 2.25. The molecule has 0 radical (unpaired) electrons. The van der Waals surface area contributed by atoms with Gasteiger partial charge in [-0.2, -0.15) is 0 Å². The van der Waals surface area contributed by atoms with E-state index in [9.17, 15) is 0 Å². The molecule has 0 aliphatic carbocycles. The van der Waals surface area contributed by atoms with Crippen LogP contribution in [0.4, 0.5) is 17.1 Å². The monoisotopic (exact) mass is 868 g/mol. The van der Waals surface area contributed by atoms with Gasteiger partial charge in [0.1, 0.15) is 0 Å². The lowest BCUT2D eigenvalue weighted by atomic mass is 9.92. The molecule has 0 bridgehead atoms. The maximum Gasteiger partial charge on any atom is 0.0626 e. The van der Waals surface area contributed by atoms with Gasteiger partial charge < -0.3 is 9.47 Å². The molecule has 0 aliphatic rings. The predicted octanol–water partition coefficient (Wildman–Crippen LogP) is 18.4. The number of fused-ring (bicyclic) bond motifs is 6. The fraction of sp³-hybridized carbons (Fsp3) is 0.0303. The van der Waals surface area contributed by atoms with Crippen molar-refractivity contribution >= 4 is 49.5 Å². The van der Waals surface area contributed by atoms with Gasteiger partial charge in [-0.25, -0.2) is 0 Å². The molecule has 1 aromatic heterocycles.